The molecule has 0 amide bonds. The van der Waals surface area contributed by atoms with E-state index < -0.39 is 0 Å². The van der Waals surface area contributed by atoms with Crippen LogP contribution in [0, 0.1) is 5.92 Å². The topological polar surface area (TPSA) is 38.0 Å². The molecule has 0 spiro atoms. The first-order valence-electron chi connectivity index (χ1n) is 6.19. The maximum atomic E-state index is 5.76. The Hall–Kier alpha value is -0.860. The van der Waals surface area contributed by atoms with Crippen molar-refractivity contribution in [3.05, 3.63) is 35.9 Å². The molecule has 16 heavy (non-hydrogen) atoms. The summed E-state index contributed by atoms with van der Waals surface area (Å²) in [4.78, 5) is 0. The van der Waals surface area contributed by atoms with Gasteiger partial charge in [0.2, 0.25) is 0 Å². The highest BCUT2D eigenvalue weighted by atomic mass is 14.9. The van der Waals surface area contributed by atoms with E-state index in [4.69, 9.17) is 5.73 Å². The van der Waals surface area contributed by atoms with Gasteiger partial charge in [-0.05, 0) is 30.9 Å². The number of aryl methyl sites for hydroxylation is 1. The van der Waals surface area contributed by atoms with Crippen LogP contribution in [0.4, 0.5) is 0 Å². The molecule has 1 rings (SSSR count). The van der Waals surface area contributed by atoms with Gasteiger partial charge in [0.25, 0.3) is 0 Å². The summed E-state index contributed by atoms with van der Waals surface area (Å²) in [5, 5.41) is 3.51. The first-order chi connectivity index (χ1) is 7.72. The zero-order valence-electron chi connectivity index (χ0n) is 10.4. The normalized spacial score (nSPS) is 13.0. The van der Waals surface area contributed by atoms with Crippen molar-refractivity contribution in [1.82, 2.24) is 5.32 Å². The smallest absolute Gasteiger partial charge is 0.0193 e. The summed E-state index contributed by atoms with van der Waals surface area (Å²) < 4.78 is 0. The van der Waals surface area contributed by atoms with Gasteiger partial charge in [-0.15, -0.1) is 0 Å². The Morgan fingerprint density at radius 1 is 1.19 bits per heavy atom. The van der Waals surface area contributed by atoms with Crippen LogP contribution in [0.25, 0.3) is 0 Å². The van der Waals surface area contributed by atoms with Crippen molar-refractivity contribution in [2.24, 2.45) is 11.7 Å². The molecule has 0 radical (unpaired) electrons. The number of rotatable bonds is 7. The lowest BCUT2D eigenvalue weighted by Gasteiger charge is -2.18. The van der Waals surface area contributed by atoms with E-state index in [2.05, 4.69) is 49.5 Å². The third-order valence-corrected chi connectivity index (χ3v) is 2.72. The number of benzene rings is 1. The van der Waals surface area contributed by atoms with Gasteiger partial charge in [0.1, 0.15) is 0 Å². The molecular formula is C14H24N2. The van der Waals surface area contributed by atoms with E-state index in [1.54, 1.807) is 0 Å². The third-order valence-electron chi connectivity index (χ3n) is 2.72. The molecule has 0 aliphatic carbocycles. The highest BCUT2D eigenvalue weighted by Crippen LogP contribution is 2.04. The van der Waals surface area contributed by atoms with E-state index in [9.17, 15) is 0 Å². The lowest BCUT2D eigenvalue weighted by molar-refractivity contribution is 0.446. The fourth-order valence-corrected chi connectivity index (χ4v) is 1.69. The van der Waals surface area contributed by atoms with Crippen LogP contribution in [0.2, 0.25) is 0 Å². The van der Waals surface area contributed by atoms with E-state index in [1.807, 2.05) is 0 Å². The number of nitrogens with two attached hydrogens (primary N) is 1. The van der Waals surface area contributed by atoms with Gasteiger partial charge in [-0.25, -0.2) is 0 Å². The van der Waals surface area contributed by atoms with Crippen molar-refractivity contribution >= 4 is 0 Å². The molecular weight excluding hydrogens is 196 g/mol. The Balaban J connectivity index is 2.28. The van der Waals surface area contributed by atoms with Crippen molar-refractivity contribution in [1.29, 1.82) is 0 Å². The molecule has 2 nitrogen and oxygen atoms in total. The van der Waals surface area contributed by atoms with Crippen LogP contribution in [0.5, 0.6) is 0 Å². The molecule has 1 aromatic carbocycles. The molecule has 2 heteroatoms. The predicted molar refractivity (Wildman–Crippen MR) is 70.4 cm³/mol. The Morgan fingerprint density at radius 3 is 2.44 bits per heavy atom. The summed E-state index contributed by atoms with van der Waals surface area (Å²) in [6.45, 7) is 6.21. The van der Waals surface area contributed by atoms with E-state index in [-0.39, 0.29) is 0 Å². The molecule has 0 fully saturated rings. The van der Waals surface area contributed by atoms with Gasteiger partial charge >= 0.3 is 0 Å². The average Bonchev–Trinajstić information content (AvgIpc) is 2.30. The first kappa shape index (κ1) is 13.2. The lowest BCUT2D eigenvalue weighted by Crippen LogP contribution is -2.38. The molecule has 0 aliphatic rings. The molecule has 0 bridgehead atoms. The van der Waals surface area contributed by atoms with Crippen LogP contribution < -0.4 is 11.1 Å². The monoisotopic (exact) mass is 220 g/mol. The van der Waals surface area contributed by atoms with E-state index in [1.165, 1.54) is 5.56 Å². The summed E-state index contributed by atoms with van der Waals surface area (Å²) in [5.41, 5.74) is 7.16. The van der Waals surface area contributed by atoms with Gasteiger partial charge in [0.05, 0.1) is 0 Å². The average molecular weight is 220 g/mol. The number of hydrogen-bond acceptors (Lipinski definition) is 2. The molecule has 0 aliphatic heterocycles. The summed E-state index contributed by atoms with van der Waals surface area (Å²) in [7, 11) is 0. The molecule has 3 N–H and O–H groups in total. The van der Waals surface area contributed by atoms with Crippen molar-refractivity contribution in [2.45, 2.75) is 32.7 Å². The minimum Gasteiger partial charge on any atom is -0.329 e. The Bertz CT molecular complexity index is 269. The molecule has 0 aromatic heterocycles. The summed E-state index contributed by atoms with van der Waals surface area (Å²) >= 11 is 0. The van der Waals surface area contributed by atoms with Crippen molar-refractivity contribution in [3.63, 3.8) is 0 Å². The minimum absolute atomic E-state index is 0.447. The van der Waals surface area contributed by atoms with Gasteiger partial charge in [-0.2, -0.15) is 0 Å². The lowest BCUT2D eigenvalue weighted by atomic mass is 10.0. The van der Waals surface area contributed by atoms with Crippen molar-refractivity contribution < 1.29 is 0 Å². The maximum Gasteiger partial charge on any atom is 0.0193 e. The van der Waals surface area contributed by atoms with E-state index in [0.717, 1.165) is 25.9 Å². The van der Waals surface area contributed by atoms with Crippen LogP contribution in [-0.4, -0.2) is 19.1 Å². The van der Waals surface area contributed by atoms with E-state index >= 15 is 0 Å². The maximum absolute atomic E-state index is 5.76. The van der Waals surface area contributed by atoms with Crippen molar-refractivity contribution in [3.8, 4) is 0 Å². The second-order valence-corrected chi connectivity index (χ2v) is 4.76. The van der Waals surface area contributed by atoms with Gasteiger partial charge < -0.3 is 11.1 Å². The van der Waals surface area contributed by atoms with Crippen LogP contribution >= 0.6 is 0 Å². The van der Waals surface area contributed by atoms with Crippen LogP contribution in [0.1, 0.15) is 25.8 Å². The molecule has 0 saturated heterocycles. The molecule has 1 unspecified atom stereocenters. The minimum atomic E-state index is 0.447. The van der Waals surface area contributed by atoms with Gasteiger partial charge in [-0.3, -0.25) is 0 Å². The van der Waals surface area contributed by atoms with E-state index in [0.29, 0.717) is 12.0 Å². The molecule has 90 valence electrons. The fraction of sp³-hybridized carbons (Fsp3) is 0.571. The molecule has 0 saturated carbocycles. The second kappa shape index (κ2) is 7.42. The largest absolute Gasteiger partial charge is 0.329 e. The Morgan fingerprint density at radius 2 is 1.88 bits per heavy atom. The standard InChI is InChI=1S/C14H24N2/c1-12(2)11-16-14(10-15)9-8-13-6-4-3-5-7-13/h3-7,12,14,16H,8-11,15H2,1-2H3. The van der Waals surface area contributed by atoms with Crippen LogP contribution in [0.15, 0.2) is 30.3 Å². The van der Waals surface area contributed by atoms with Crippen molar-refractivity contribution in [2.75, 3.05) is 13.1 Å². The van der Waals surface area contributed by atoms with Crippen LogP contribution in [0.3, 0.4) is 0 Å². The summed E-state index contributed by atoms with van der Waals surface area (Å²) in [5.74, 6) is 0.686. The van der Waals surface area contributed by atoms with Gasteiger partial charge in [0.15, 0.2) is 0 Å². The second-order valence-electron chi connectivity index (χ2n) is 4.76. The molecule has 0 heterocycles. The quantitative estimate of drug-likeness (QED) is 0.739. The zero-order valence-corrected chi connectivity index (χ0v) is 10.4. The van der Waals surface area contributed by atoms with Gasteiger partial charge in [0, 0.05) is 12.6 Å². The third kappa shape index (κ3) is 5.29. The highest BCUT2D eigenvalue weighted by molar-refractivity contribution is 5.14. The number of hydrogen-bond donors (Lipinski definition) is 2. The number of nitrogens with one attached hydrogen (secondary N) is 1. The summed E-state index contributed by atoms with van der Waals surface area (Å²) in [6, 6.07) is 11.0. The SMILES string of the molecule is CC(C)CNC(CN)CCc1ccccc1. The summed E-state index contributed by atoms with van der Waals surface area (Å²) in [6.07, 6.45) is 2.22. The first-order valence-corrected chi connectivity index (χ1v) is 6.19. The zero-order chi connectivity index (χ0) is 11.8. The van der Waals surface area contributed by atoms with Crippen LogP contribution in [-0.2, 0) is 6.42 Å². The predicted octanol–water partition coefficient (Wildman–Crippen LogP) is 2.19. The molecule has 1 atom stereocenters. The highest BCUT2D eigenvalue weighted by Gasteiger charge is 2.06. The Labute approximate surface area is 99.2 Å². The molecule has 1 aromatic rings. The fourth-order valence-electron chi connectivity index (χ4n) is 1.69. The van der Waals surface area contributed by atoms with Gasteiger partial charge in [-0.1, -0.05) is 44.2 Å². The Kier molecular flexibility index (Phi) is 6.12.